The van der Waals surface area contributed by atoms with Crippen molar-refractivity contribution < 1.29 is 19.3 Å². The van der Waals surface area contributed by atoms with Gasteiger partial charge in [0, 0.05) is 39.5 Å². The molecule has 0 saturated carbocycles. The summed E-state index contributed by atoms with van der Waals surface area (Å²) in [7, 11) is 0. The van der Waals surface area contributed by atoms with Gasteiger partial charge in [-0.15, -0.1) is 0 Å². The third kappa shape index (κ3) is 9.78. The van der Waals surface area contributed by atoms with Crippen LogP contribution in [0.1, 0.15) is 51.7 Å². The fourth-order valence-corrected chi connectivity index (χ4v) is 3.24. The molecule has 0 radical (unpaired) electrons. The molecule has 0 aromatic heterocycles. The summed E-state index contributed by atoms with van der Waals surface area (Å²) in [5.74, 6) is 2.10. The smallest absolute Gasteiger partial charge is 0.191 e. The highest BCUT2D eigenvalue weighted by Crippen LogP contribution is 2.20. The highest BCUT2D eigenvalue weighted by molar-refractivity contribution is 5.79. The van der Waals surface area contributed by atoms with E-state index in [1.54, 1.807) is 0 Å². The predicted octanol–water partition coefficient (Wildman–Crippen LogP) is 2.90. The number of nitrogens with zero attached hydrogens (tertiary/aromatic N) is 1. The maximum absolute atomic E-state index is 10.5. The second kappa shape index (κ2) is 14.2. The molecule has 0 amide bonds. The Labute approximate surface area is 181 Å². The summed E-state index contributed by atoms with van der Waals surface area (Å²) in [5.41, 5.74) is 0.800. The molecule has 7 nitrogen and oxygen atoms in total. The number of benzene rings is 1. The van der Waals surface area contributed by atoms with Crippen molar-refractivity contribution >= 4 is 5.96 Å². The molecule has 1 aliphatic rings. The van der Waals surface area contributed by atoms with Gasteiger partial charge in [-0.05, 0) is 63.6 Å². The summed E-state index contributed by atoms with van der Waals surface area (Å²) in [5, 5.41) is 17.0. The molecule has 30 heavy (non-hydrogen) atoms. The molecule has 7 heteroatoms. The summed E-state index contributed by atoms with van der Waals surface area (Å²) in [6.45, 7) is 11.1. The minimum Gasteiger partial charge on any atom is -0.491 e. The van der Waals surface area contributed by atoms with Crippen LogP contribution in [0.4, 0.5) is 0 Å². The number of hydrogen-bond donors (Lipinski definition) is 3. The minimum atomic E-state index is -0.682. The molecule has 1 aromatic carbocycles. The molecule has 2 rings (SSSR count). The monoisotopic (exact) mass is 421 g/mol. The van der Waals surface area contributed by atoms with E-state index in [0.29, 0.717) is 11.9 Å². The van der Waals surface area contributed by atoms with Crippen LogP contribution in [0.3, 0.4) is 0 Å². The highest BCUT2D eigenvalue weighted by Gasteiger charge is 2.13. The van der Waals surface area contributed by atoms with E-state index in [1.807, 2.05) is 45.0 Å². The number of ether oxygens (including phenoxy) is 3. The number of aliphatic hydroxyl groups excluding tert-OH is 1. The van der Waals surface area contributed by atoms with Gasteiger partial charge in [-0.3, -0.25) is 4.99 Å². The summed E-state index contributed by atoms with van der Waals surface area (Å²) >= 11 is 0. The van der Waals surface area contributed by atoms with Gasteiger partial charge in [-0.2, -0.15) is 0 Å². The normalized spacial score (nSPS) is 16.5. The molecule has 1 aliphatic heterocycles. The summed E-state index contributed by atoms with van der Waals surface area (Å²) in [4.78, 5) is 4.52. The Hall–Kier alpha value is -1.83. The maximum Gasteiger partial charge on any atom is 0.191 e. The molecule has 3 N–H and O–H groups in total. The fraction of sp³-hybridized carbons (Fsp3) is 0.696. The predicted molar refractivity (Wildman–Crippen MR) is 120 cm³/mol. The van der Waals surface area contributed by atoms with Crippen molar-refractivity contribution in [1.82, 2.24) is 10.6 Å². The summed E-state index contributed by atoms with van der Waals surface area (Å²) < 4.78 is 16.9. The number of hydrogen-bond acceptors (Lipinski definition) is 5. The minimum absolute atomic E-state index is 0.0978. The molecule has 1 aromatic rings. The second-order valence-electron chi connectivity index (χ2n) is 7.89. The van der Waals surface area contributed by atoms with Crippen molar-refractivity contribution in [2.24, 2.45) is 10.9 Å². The zero-order chi connectivity index (χ0) is 21.6. The molecular formula is C23H39N3O4. The van der Waals surface area contributed by atoms with E-state index in [-0.39, 0.29) is 12.6 Å². The van der Waals surface area contributed by atoms with E-state index in [9.17, 15) is 5.11 Å². The highest BCUT2D eigenvalue weighted by atomic mass is 16.5. The van der Waals surface area contributed by atoms with E-state index in [4.69, 9.17) is 14.2 Å². The molecule has 170 valence electrons. The van der Waals surface area contributed by atoms with Crippen LogP contribution < -0.4 is 15.4 Å². The van der Waals surface area contributed by atoms with Crippen molar-refractivity contribution in [3.05, 3.63) is 29.8 Å². The van der Waals surface area contributed by atoms with Crippen LogP contribution in [0.15, 0.2) is 29.3 Å². The van der Waals surface area contributed by atoms with E-state index < -0.39 is 6.10 Å². The second-order valence-corrected chi connectivity index (χ2v) is 7.89. The van der Waals surface area contributed by atoms with Crippen molar-refractivity contribution in [2.45, 2.75) is 52.2 Å². The van der Waals surface area contributed by atoms with Crippen LogP contribution in [-0.2, 0) is 9.47 Å². The lowest BCUT2D eigenvalue weighted by Gasteiger charge is -2.21. The van der Waals surface area contributed by atoms with Gasteiger partial charge in [-0.1, -0.05) is 12.1 Å². The largest absolute Gasteiger partial charge is 0.491 e. The van der Waals surface area contributed by atoms with Crippen LogP contribution in [0.25, 0.3) is 0 Å². The topological polar surface area (TPSA) is 84.3 Å². The van der Waals surface area contributed by atoms with Crippen molar-refractivity contribution in [2.75, 3.05) is 46.1 Å². The number of nitrogens with one attached hydrogen (secondary N) is 2. The first-order valence-electron chi connectivity index (χ1n) is 11.2. The zero-order valence-electron chi connectivity index (χ0n) is 18.7. The Morgan fingerprint density at radius 1 is 1.27 bits per heavy atom. The first-order valence-corrected chi connectivity index (χ1v) is 11.2. The average molecular weight is 422 g/mol. The first-order chi connectivity index (χ1) is 14.6. The molecule has 1 heterocycles. The average Bonchev–Trinajstić information content (AvgIpc) is 2.74. The lowest BCUT2D eigenvalue weighted by Crippen LogP contribution is -2.38. The summed E-state index contributed by atoms with van der Waals surface area (Å²) in [6.07, 6.45) is 2.53. The quantitative estimate of drug-likeness (QED) is 0.273. The van der Waals surface area contributed by atoms with Gasteiger partial charge in [0.05, 0.1) is 18.8 Å². The van der Waals surface area contributed by atoms with E-state index in [0.717, 1.165) is 70.1 Å². The molecule has 0 spiro atoms. The number of aliphatic hydroxyl groups is 1. The molecule has 1 fully saturated rings. The standard InChI is InChI=1S/C23H39N3O4/c1-4-24-23(25-11-6-12-29-17-19-9-13-28-14-10-19)26-16-22(27)20-7-5-8-21(15-20)30-18(2)3/h5,7-8,15,18-19,22,27H,4,6,9-14,16-17H2,1-3H3,(H2,24,25,26). The summed E-state index contributed by atoms with van der Waals surface area (Å²) in [6, 6.07) is 7.55. The molecule has 0 aliphatic carbocycles. The molecular weight excluding hydrogens is 382 g/mol. The van der Waals surface area contributed by atoms with Gasteiger partial charge in [-0.25, -0.2) is 0 Å². The van der Waals surface area contributed by atoms with Crippen LogP contribution in [0, 0.1) is 5.92 Å². The lowest BCUT2D eigenvalue weighted by atomic mass is 10.0. The van der Waals surface area contributed by atoms with Gasteiger partial charge in [0.25, 0.3) is 0 Å². The third-order valence-electron chi connectivity index (χ3n) is 4.83. The van der Waals surface area contributed by atoms with Gasteiger partial charge in [0.15, 0.2) is 5.96 Å². The Morgan fingerprint density at radius 2 is 2.07 bits per heavy atom. The zero-order valence-corrected chi connectivity index (χ0v) is 18.7. The van der Waals surface area contributed by atoms with Crippen LogP contribution in [0.5, 0.6) is 5.75 Å². The lowest BCUT2D eigenvalue weighted by molar-refractivity contribution is 0.0203. The molecule has 1 saturated heterocycles. The van der Waals surface area contributed by atoms with E-state index in [2.05, 4.69) is 15.6 Å². The van der Waals surface area contributed by atoms with E-state index >= 15 is 0 Å². The SMILES string of the molecule is CCNC(=NCC(O)c1cccc(OC(C)C)c1)NCCCOCC1CCOCC1. The molecule has 0 bridgehead atoms. The Bertz CT molecular complexity index is 618. The van der Waals surface area contributed by atoms with Crippen molar-refractivity contribution in [3.8, 4) is 5.75 Å². The fourth-order valence-electron chi connectivity index (χ4n) is 3.24. The van der Waals surface area contributed by atoms with Gasteiger partial charge >= 0.3 is 0 Å². The van der Waals surface area contributed by atoms with Crippen molar-refractivity contribution in [1.29, 1.82) is 0 Å². The number of aliphatic imine (C=N–C) groups is 1. The molecule has 1 unspecified atom stereocenters. The Kier molecular flexibility index (Phi) is 11.6. The first kappa shape index (κ1) is 24.4. The van der Waals surface area contributed by atoms with Gasteiger partial charge < -0.3 is 30.0 Å². The van der Waals surface area contributed by atoms with Gasteiger partial charge in [0.1, 0.15) is 5.75 Å². The van der Waals surface area contributed by atoms with Gasteiger partial charge in [0.2, 0.25) is 0 Å². The number of guanidine groups is 1. The van der Waals surface area contributed by atoms with Crippen LogP contribution >= 0.6 is 0 Å². The van der Waals surface area contributed by atoms with E-state index in [1.165, 1.54) is 0 Å². The number of rotatable bonds is 12. The Balaban J connectivity index is 1.71. The molecule has 1 atom stereocenters. The van der Waals surface area contributed by atoms with Crippen LogP contribution in [0.2, 0.25) is 0 Å². The van der Waals surface area contributed by atoms with Crippen molar-refractivity contribution in [3.63, 3.8) is 0 Å². The van der Waals surface area contributed by atoms with Crippen LogP contribution in [-0.4, -0.2) is 63.2 Å². The maximum atomic E-state index is 10.5. The third-order valence-corrected chi connectivity index (χ3v) is 4.83. The Morgan fingerprint density at radius 3 is 2.80 bits per heavy atom.